The van der Waals surface area contributed by atoms with E-state index < -0.39 is 6.04 Å². The van der Waals surface area contributed by atoms with E-state index >= 15 is 0 Å². The van der Waals surface area contributed by atoms with Crippen LogP contribution < -0.4 is 16.0 Å². The Morgan fingerprint density at radius 1 is 1.07 bits per heavy atom. The Kier molecular flexibility index (Phi) is 4.75. The highest BCUT2D eigenvalue weighted by Crippen LogP contribution is 2.31. The van der Waals surface area contributed by atoms with Crippen LogP contribution in [0.4, 0.5) is 5.69 Å². The first-order valence-electron chi connectivity index (χ1n) is 10.4. The zero-order valence-electron chi connectivity index (χ0n) is 16.6. The van der Waals surface area contributed by atoms with Gasteiger partial charge < -0.3 is 15.5 Å². The van der Waals surface area contributed by atoms with Crippen molar-refractivity contribution in [2.75, 3.05) is 11.9 Å². The van der Waals surface area contributed by atoms with Crippen LogP contribution in [0.3, 0.4) is 0 Å². The minimum atomic E-state index is -0.574. The number of carbonyl (C=O) groups excluding carboxylic acids is 3. The average Bonchev–Trinajstić information content (AvgIpc) is 3.08. The molecule has 2 unspecified atom stereocenters. The first kappa shape index (κ1) is 18.8. The van der Waals surface area contributed by atoms with Gasteiger partial charge in [0.25, 0.3) is 5.91 Å². The van der Waals surface area contributed by atoms with Crippen LogP contribution in [-0.4, -0.2) is 35.2 Å². The summed E-state index contributed by atoms with van der Waals surface area (Å²) in [6.45, 7) is 2.05. The van der Waals surface area contributed by atoms with Crippen LogP contribution in [0.1, 0.15) is 52.4 Å². The second kappa shape index (κ2) is 7.57. The minimum Gasteiger partial charge on any atom is -0.385 e. The molecule has 3 aliphatic heterocycles. The smallest absolute Gasteiger partial charge is 0.255 e. The fraction of sp³-hybridized carbons (Fsp3) is 0.348. The first-order chi connectivity index (χ1) is 14.6. The number of benzene rings is 2. The number of rotatable bonds is 4. The number of nitrogens with zero attached hydrogens (tertiary/aromatic N) is 1. The lowest BCUT2D eigenvalue weighted by molar-refractivity contribution is -0.136. The maximum atomic E-state index is 12.8. The highest BCUT2D eigenvalue weighted by atomic mass is 16.2. The molecule has 1 fully saturated rings. The number of para-hydroxylation sites is 1. The molecule has 0 aliphatic carbocycles. The second-order valence-corrected chi connectivity index (χ2v) is 8.13. The molecule has 7 heteroatoms. The van der Waals surface area contributed by atoms with Crippen LogP contribution in [0.15, 0.2) is 42.5 Å². The molecule has 5 rings (SSSR count). The van der Waals surface area contributed by atoms with Crippen molar-refractivity contribution in [2.24, 2.45) is 0 Å². The van der Waals surface area contributed by atoms with Crippen molar-refractivity contribution in [1.82, 2.24) is 15.5 Å². The lowest BCUT2D eigenvalue weighted by Gasteiger charge is -2.29. The highest BCUT2D eigenvalue weighted by Gasteiger charge is 2.39. The maximum absolute atomic E-state index is 12.8. The third-order valence-corrected chi connectivity index (χ3v) is 6.23. The number of carbonyl (C=O) groups is 3. The summed E-state index contributed by atoms with van der Waals surface area (Å²) in [5.74, 6) is -0.779. The summed E-state index contributed by atoms with van der Waals surface area (Å²) in [7, 11) is 0. The SMILES string of the molecule is O=C1CCC(N2Cc3cc(CNC4CCNc5ccccc54)ccc3C2=O)C(=O)N1. The molecule has 3 heterocycles. The molecule has 30 heavy (non-hydrogen) atoms. The normalized spacial score (nSPS) is 22.9. The number of piperidine rings is 1. The summed E-state index contributed by atoms with van der Waals surface area (Å²) in [6.07, 6.45) is 1.67. The van der Waals surface area contributed by atoms with Crippen LogP contribution in [0.5, 0.6) is 0 Å². The maximum Gasteiger partial charge on any atom is 0.255 e. The molecule has 0 aromatic heterocycles. The van der Waals surface area contributed by atoms with Crippen molar-refractivity contribution in [2.45, 2.75) is 44.4 Å². The third kappa shape index (κ3) is 3.35. The second-order valence-electron chi connectivity index (χ2n) is 8.13. The molecular formula is C23H24N4O3. The Bertz CT molecular complexity index is 1030. The number of anilines is 1. The summed E-state index contributed by atoms with van der Waals surface area (Å²) in [4.78, 5) is 38.0. The van der Waals surface area contributed by atoms with Gasteiger partial charge in [-0.1, -0.05) is 30.3 Å². The molecule has 2 aromatic carbocycles. The zero-order valence-corrected chi connectivity index (χ0v) is 16.6. The van der Waals surface area contributed by atoms with E-state index in [1.807, 2.05) is 18.2 Å². The molecule has 1 saturated heterocycles. The minimum absolute atomic E-state index is 0.133. The lowest BCUT2D eigenvalue weighted by atomic mass is 9.97. The van der Waals surface area contributed by atoms with E-state index in [-0.39, 0.29) is 30.2 Å². The number of fused-ring (bicyclic) bond motifs is 2. The Hall–Kier alpha value is -3.19. The summed E-state index contributed by atoms with van der Waals surface area (Å²) >= 11 is 0. The molecule has 0 radical (unpaired) electrons. The van der Waals surface area contributed by atoms with Gasteiger partial charge in [0, 0.05) is 43.3 Å². The van der Waals surface area contributed by atoms with Crippen LogP contribution in [0.25, 0.3) is 0 Å². The van der Waals surface area contributed by atoms with Gasteiger partial charge >= 0.3 is 0 Å². The van der Waals surface area contributed by atoms with Gasteiger partial charge in [0.1, 0.15) is 6.04 Å². The van der Waals surface area contributed by atoms with Crippen molar-refractivity contribution in [3.63, 3.8) is 0 Å². The Morgan fingerprint density at radius 3 is 2.80 bits per heavy atom. The number of hydrogen-bond acceptors (Lipinski definition) is 5. The summed E-state index contributed by atoms with van der Waals surface area (Å²) in [5, 5.41) is 9.42. The van der Waals surface area contributed by atoms with Crippen LogP contribution in [-0.2, 0) is 22.7 Å². The quantitative estimate of drug-likeness (QED) is 0.679. The summed E-state index contributed by atoms with van der Waals surface area (Å²) < 4.78 is 0. The van der Waals surface area contributed by atoms with Crippen LogP contribution in [0.2, 0.25) is 0 Å². The van der Waals surface area contributed by atoms with Gasteiger partial charge in [-0.05, 0) is 41.7 Å². The molecule has 3 amide bonds. The largest absolute Gasteiger partial charge is 0.385 e. The predicted molar refractivity (Wildman–Crippen MR) is 112 cm³/mol. The fourth-order valence-corrected chi connectivity index (χ4v) is 4.66. The van der Waals surface area contributed by atoms with E-state index in [1.165, 1.54) is 11.3 Å². The standard InChI is InChI=1S/C23H24N4O3/c28-21-8-7-20(22(29)26-21)27-13-15-11-14(5-6-16(15)23(27)30)12-25-19-9-10-24-18-4-2-1-3-17(18)19/h1-6,11,19-20,24-25H,7-10,12-13H2,(H,26,28,29). The van der Waals surface area contributed by atoms with E-state index in [2.05, 4.69) is 40.2 Å². The first-order valence-corrected chi connectivity index (χ1v) is 10.4. The molecule has 0 saturated carbocycles. The third-order valence-electron chi connectivity index (χ3n) is 6.23. The highest BCUT2D eigenvalue weighted by molar-refractivity contribution is 6.05. The van der Waals surface area contributed by atoms with E-state index in [0.29, 0.717) is 25.1 Å². The summed E-state index contributed by atoms with van der Waals surface area (Å²) in [5.41, 5.74) is 5.16. The zero-order chi connectivity index (χ0) is 20.7. The van der Waals surface area contributed by atoms with Crippen molar-refractivity contribution in [3.8, 4) is 0 Å². The monoisotopic (exact) mass is 404 g/mol. The van der Waals surface area contributed by atoms with Crippen LogP contribution in [0, 0.1) is 0 Å². The van der Waals surface area contributed by atoms with Gasteiger partial charge in [-0.3, -0.25) is 19.7 Å². The van der Waals surface area contributed by atoms with Gasteiger partial charge in [0.15, 0.2) is 0 Å². The lowest BCUT2D eigenvalue weighted by Crippen LogP contribution is -2.52. The van der Waals surface area contributed by atoms with Gasteiger partial charge in [0.05, 0.1) is 0 Å². The predicted octanol–water partition coefficient (Wildman–Crippen LogP) is 2.09. The molecule has 154 valence electrons. The molecule has 2 aromatic rings. The van der Waals surface area contributed by atoms with Crippen molar-refractivity contribution >= 4 is 23.4 Å². The molecular weight excluding hydrogens is 380 g/mol. The number of nitrogens with one attached hydrogen (secondary N) is 3. The number of amides is 3. The van der Waals surface area contributed by atoms with Gasteiger partial charge in [-0.2, -0.15) is 0 Å². The topological polar surface area (TPSA) is 90.5 Å². The molecule has 7 nitrogen and oxygen atoms in total. The molecule has 3 aliphatic rings. The molecule has 3 N–H and O–H groups in total. The fourth-order valence-electron chi connectivity index (χ4n) is 4.66. The van der Waals surface area contributed by atoms with Crippen molar-refractivity contribution in [3.05, 3.63) is 64.7 Å². The number of hydrogen-bond donors (Lipinski definition) is 3. The Balaban J connectivity index is 1.28. The summed E-state index contributed by atoms with van der Waals surface area (Å²) in [6, 6.07) is 14.0. The average molecular weight is 404 g/mol. The van der Waals surface area contributed by atoms with E-state index in [9.17, 15) is 14.4 Å². The van der Waals surface area contributed by atoms with Crippen LogP contribution >= 0.6 is 0 Å². The van der Waals surface area contributed by atoms with E-state index in [0.717, 1.165) is 24.1 Å². The Morgan fingerprint density at radius 2 is 1.93 bits per heavy atom. The van der Waals surface area contributed by atoms with E-state index in [1.54, 1.807) is 4.90 Å². The molecule has 0 bridgehead atoms. The molecule has 2 atom stereocenters. The Labute approximate surface area is 174 Å². The van der Waals surface area contributed by atoms with Gasteiger partial charge in [0.2, 0.25) is 11.8 Å². The van der Waals surface area contributed by atoms with E-state index in [4.69, 9.17) is 0 Å². The van der Waals surface area contributed by atoms with Gasteiger partial charge in [-0.15, -0.1) is 0 Å². The number of imide groups is 1. The van der Waals surface area contributed by atoms with Crippen molar-refractivity contribution in [1.29, 1.82) is 0 Å². The molecule has 0 spiro atoms. The van der Waals surface area contributed by atoms with Gasteiger partial charge in [-0.25, -0.2) is 0 Å². The van der Waals surface area contributed by atoms with Crippen molar-refractivity contribution < 1.29 is 14.4 Å².